The molecule has 0 aromatic carbocycles. The summed E-state index contributed by atoms with van der Waals surface area (Å²) in [5, 5.41) is 13.8. The third kappa shape index (κ3) is 5.13. The van der Waals surface area contributed by atoms with Gasteiger partial charge in [-0.3, -0.25) is 9.59 Å². The molecule has 0 saturated heterocycles. The van der Waals surface area contributed by atoms with Gasteiger partial charge in [-0.2, -0.15) is 9.49 Å². The van der Waals surface area contributed by atoms with Crippen molar-refractivity contribution in [1.29, 1.82) is 0 Å². The lowest BCUT2D eigenvalue weighted by atomic mass is 9.91. The van der Waals surface area contributed by atoms with Crippen molar-refractivity contribution in [2.45, 2.75) is 64.6 Å². The number of carbonyl (C=O) groups is 2. The second-order valence-electron chi connectivity index (χ2n) is 8.86. The van der Waals surface area contributed by atoms with Gasteiger partial charge < -0.3 is 16.0 Å². The number of carbonyl (C=O) groups excluding carboxylic acids is 2. The molecule has 1 saturated carbocycles. The molecule has 3 heterocycles. The lowest BCUT2D eigenvalue weighted by molar-refractivity contribution is -0.119. The first-order valence-electron chi connectivity index (χ1n) is 11.3. The van der Waals surface area contributed by atoms with Gasteiger partial charge in [0.25, 0.3) is 5.91 Å². The molecule has 0 radical (unpaired) electrons. The molecule has 8 nitrogen and oxygen atoms in total. The number of aromatic nitrogens is 3. The molecule has 0 spiro atoms. The van der Waals surface area contributed by atoms with Crippen LogP contribution in [-0.4, -0.2) is 44.5 Å². The number of rotatable bonds is 6. The Morgan fingerprint density at radius 3 is 2.48 bits per heavy atom. The minimum atomic E-state index is -0.556. The number of nitrogens with zero attached hydrogens (tertiary/aromatic N) is 3. The molecule has 4 rings (SSSR count). The molecule has 3 N–H and O–H groups in total. The van der Waals surface area contributed by atoms with Crippen LogP contribution in [0, 0.1) is 5.95 Å². The summed E-state index contributed by atoms with van der Waals surface area (Å²) in [6.07, 6.45) is 7.94. The second-order valence-corrected chi connectivity index (χ2v) is 8.86. The second kappa shape index (κ2) is 9.56. The molecule has 1 fully saturated rings. The van der Waals surface area contributed by atoms with E-state index in [-0.39, 0.29) is 29.9 Å². The summed E-state index contributed by atoms with van der Waals surface area (Å²) < 4.78 is 15.9. The molecule has 0 unspecified atom stereocenters. The molecule has 174 valence electrons. The normalized spacial score (nSPS) is 18.3. The third-order valence-corrected chi connectivity index (χ3v) is 5.85. The van der Waals surface area contributed by atoms with Crippen LogP contribution in [0.4, 0.5) is 10.1 Å². The van der Waals surface area contributed by atoms with Crippen molar-refractivity contribution in [1.82, 2.24) is 25.2 Å². The average Bonchev–Trinajstić information content (AvgIpc) is 3.19. The lowest BCUT2D eigenvalue weighted by Gasteiger charge is -2.29. The topological polar surface area (TPSA) is 100 Å². The fourth-order valence-electron chi connectivity index (χ4n) is 4.35. The van der Waals surface area contributed by atoms with Gasteiger partial charge in [-0.25, -0.2) is 9.50 Å². The number of anilines is 1. The van der Waals surface area contributed by atoms with E-state index in [1.807, 2.05) is 19.9 Å². The average molecular weight is 453 g/mol. The van der Waals surface area contributed by atoms with Crippen molar-refractivity contribution >= 4 is 23.0 Å². The highest BCUT2D eigenvalue weighted by atomic mass is 19.1. The minimum absolute atomic E-state index is 0.0241. The molecular formula is C24H29FN6O2. The third-order valence-electron chi connectivity index (χ3n) is 5.85. The number of hydrogen-bond donors (Lipinski definition) is 3. The van der Waals surface area contributed by atoms with Crippen LogP contribution in [0.5, 0.6) is 0 Å². The van der Waals surface area contributed by atoms with Crippen molar-refractivity contribution in [3.05, 3.63) is 48.3 Å². The summed E-state index contributed by atoms with van der Waals surface area (Å²) in [6, 6.07) is 5.44. The van der Waals surface area contributed by atoms with Crippen LogP contribution in [-0.2, 0) is 4.79 Å². The fourth-order valence-corrected chi connectivity index (χ4v) is 4.35. The van der Waals surface area contributed by atoms with Gasteiger partial charge in [-0.05, 0) is 57.7 Å². The number of pyridine rings is 1. The van der Waals surface area contributed by atoms with Crippen LogP contribution < -0.4 is 16.0 Å². The summed E-state index contributed by atoms with van der Waals surface area (Å²) >= 11 is 0. The predicted octanol–water partition coefficient (Wildman–Crippen LogP) is 3.53. The molecule has 3 aromatic heterocycles. The first-order chi connectivity index (χ1) is 15.8. The van der Waals surface area contributed by atoms with E-state index in [2.05, 4.69) is 26.0 Å². The number of hydrogen-bond acceptors (Lipinski definition) is 5. The van der Waals surface area contributed by atoms with E-state index in [4.69, 9.17) is 0 Å². The van der Waals surface area contributed by atoms with Gasteiger partial charge in [0.15, 0.2) is 0 Å². The zero-order valence-corrected chi connectivity index (χ0v) is 19.1. The van der Waals surface area contributed by atoms with Crippen molar-refractivity contribution in [3.8, 4) is 11.1 Å². The summed E-state index contributed by atoms with van der Waals surface area (Å²) in [4.78, 5) is 28.2. The van der Waals surface area contributed by atoms with Crippen LogP contribution >= 0.6 is 0 Å². The number of nitrogens with one attached hydrogen (secondary N) is 3. The summed E-state index contributed by atoms with van der Waals surface area (Å²) in [7, 11) is 0. The van der Waals surface area contributed by atoms with Gasteiger partial charge in [0, 0.05) is 48.6 Å². The minimum Gasteiger partial charge on any atom is -0.380 e. The molecule has 1 aliphatic rings. The number of fused-ring (bicyclic) bond motifs is 1. The highest BCUT2D eigenvalue weighted by Gasteiger charge is 2.25. The van der Waals surface area contributed by atoms with Gasteiger partial charge in [0.05, 0.1) is 23.0 Å². The van der Waals surface area contributed by atoms with Crippen LogP contribution in [0.3, 0.4) is 0 Å². The van der Waals surface area contributed by atoms with E-state index in [1.165, 1.54) is 13.1 Å². The Balaban J connectivity index is 1.60. The van der Waals surface area contributed by atoms with Gasteiger partial charge in [0.1, 0.15) is 0 Å². The first kappa shape index (κ1) is 22.7. The molecule has 2 amide bonds. The van der Waals surface area contributed by atoms with Crippen molar-refractivity contribution < 1.29 is 14.0 Å². The Morgan fingerprint density at radius 2 is 1.85 bits per heavy atom. The molecule has 3 aromatic rings. The predicted molar refractivity (Wildman–Crippen MR) is 124 cm³/mol. The summed E-state index contributed by atoms with van der Waals surface area (Å²) in [5.41, 5.74) is 2.79. The maximum Gasteiger partial charge on any atom is 0.255 e. The van der Waals surface area contributed by atoms with E-state index < -0.39 is 5.95 Å². The maximum atomic E-state index is 14.2. The van der Waals surface area contributed by atoms with Crippen LogP contribution in [0.1, 0.15) is 56.8 Å². The van der Waals surface area contributed by atoms with Crippen molar-refractivity contribution in [2.75, 3.05) is 5.32 Å². The van der Waals surface area contributed by atoms with Gasteiger partial charge in [-0.15, -0.1) is 0 Å². The highest BCUT2D eigenvalue weighted by molar-refractivity contribution is 6.03. The smallest absolute Gasteiger partial charge is 0.255 e. The van der Waals surface area contributed by atoms with E-state index in [1.54, 1.807) is 29.0 Å². The highest BCUT2D eigenvalue weighted by Crippen LogP contribution is 2.30. The SMILES string of the molecule is CC(=O)N[C@H]1CC[C@H](NC(=O)c2cnn3cc(-c4cccnc4F)cc3c2NC(C)C)CC1. The van der Waals surface area contributed by atoms with E-state index in [0.29, 0.717) is 27.9 Å². The van der Waals surface area contributed by atoms with Crippen LogP contribution in [0.15, 0.2) is 36.8 Å². The van der Waals surface area contributed by atoms with Gasteiger partial charge >= 0.3 is 0 Å². The zero-order chi connectivity index (χ0) is 23.5. The fraction of sp³-hybridized carbons (Fsp3) is 0.417. The Labute approximate surface area is 192 Å². The van der Waals surface area contributed by atoms with Gasteiger partial charge in [-0.1, -0.05) is 0 Å². The van der Waals surface area contributed by atoms with E-state index in [9.17, 15) is 14.0 Å². The molecule has 0 bridgehead atoms. The molecule has 1 aliphatic carbocycles. The van der Waals surface area contributed by atoms with E-state index >= 15 is 0 Å². The van der Waals surface area contributed by atoms with E-state index in [0.717, 1.165) is 25.7 Å². The Kier molecular flexibility index (Phi) is 6.57. The molecule has 0 aliphatic heterocycles. The quantitative estimate of drug-likeness (QED) is 0.497. The first-order valence-corrected chi connectivity index (χ1v) is 11.3. The van der Waals surface area contributed by atoms with Crippen LogP contribution in [0.2, 0.25) is 0 Å². The largest absolute Gasteiger partial charge is 0.380 e. The molecule has 33 heavy (non-hydrogen) atoms. The molecular weight excluding hydrogens is 423 g/mol. The maximum absolute atomic E-state index is 14.2. The Bertz CT molecular complexity index is 1170. The monoisotopic (exact) mass is 452 g/mol. The Hall–Kier alpha value is -3.49. The van der Waals surface area contributed by atoms with Gasteiger partial charge in [0.2, 0.25) is 11.9 Å². The molecule has 0 atom stereocenters. The zero-order valence-electron chi connectivity index (χ0n) is 19.1. The van der Waals surface area contributed by atoms with Crippen molar-refractivity contribution in [3.63, 3.8) is 0 Å². The lowest BCUT2D eigenvalue weighted by Crippen LogP contribution is -2.43. The Morgan fingerprint density at radius 1 is 1.15 bits per heavy atom. The number of halogens is 1. The summed E-state index contributed by atoms with van der Waals surface area (Å²) in [5.74, 6) is -0.782. The van der Waals surface area contributed by atoms with Crippen LogP contribution in [0.25, 0.3) is 16.6 Å². The number of amides is 2. The van der Waals surface area contributed by atoms with Crippen molar-refractivity contribution in [2.24, 2.45) is 0 Å². The standard InChI is InChI=1S/C24H29FN6O2/c1-14(2)28-22-20(24(33)30-18-8-6-17(7-9-18)29-15(3)32)12-27-31-13-16(11-21(22)31)19-5-4-10-26-23(19)25/h4-5,10-14,17-18,28H,6-9H2,1-3H3,(H,29,32)(H,30,33)/t17-,18-. The summed E-state index contributed by atoms with van der Waals surface area (Å²) in [6.45, 7) is 5.51. The molecule has 9 heteroatoms.